The van der Waals surface area contributed by atoms with Crippen molar-refractivity contribution < 1.29 is 14.0 Å². The van der Waals surface area contributed by atoms with Crippen LogP contribution in [0, 0.1) is 0 Å². The lowest BCUT2D eigenvalue weighted by molar-refractivity contribution is -0.130. The van der Waals surface area contributed by atoms with Gasteiger partial charge in [0.05, 0.1) is 18.7 Å². The van der Waals surface area contributed by atoms with E-state index in [9.17, 15) is 9.59 Å². The van der Waals surface area contributed by atoms with Crippen LogP contribution in [0.4, 0.5) is 0 Å². The third kappa shape index (κ3) is 3.44. The van der Waals surface area contributed by atoms with Crippen LogP contribution in [0.25, 0.3) is 11.1 Å². The Bertz CT molecular complexity index is 985. The first kappa shape index (κ1) is 17.7. The van der Waals surface area contributed by atoms with Gasteiger partial charge >= 0.3 is 0 Å². The molecule has 0 unspecified atom stereocenters. The molecule has 1 aliphatic rings. The van der Waals surface area contributed by atoms with Gasteiger partial charge in [0.15, 0.2) is 6.39 Å². The summed E-state index contributed by atoms with van der Waals surface area (Å²) >= 11 is 0. The second-order valence-corrected chi connectivity index (χ2v) is 6.55. The molecule has 0 bridgehead atoms. The van der Waals surface area contributed by atoms with E-state index in [1.54, 1.807) is 29.4 Å². The summed E-state index contributed by atoms with van der Waals surface area (Å²) in [7, 11) is 0. The van der Waals surface area contributed by atoms with Gasteiger partial charge in [-0.2, -0.15) is 5.10 Å². The molecule has 0 radical (unpaired) electrons. The van der Waals surface area contributed by atoms with Crippen molar-refractivity contribution in [1.29, 1.82) is 0 Å². The van der Waals surface area contributed by atoms with Crippen LogP contribution < -0.4 is 5.32 Å². The number of nitrogens with one attached hydrogen (secondary N) is 2. The lowest BCUT2D eigenvalue weighted by Crippen LogP contribution is -2.48. The Morgan fingerprint density at radius 1 is 1.29 bits per heavy atom. The number of aromatic amines is 1. The van der Waals surface area contributed by atoms with Gasteiger partial charge in [-0.15, -0.1) is 0 Å². The molecule has 2 aromatic heterocycles. The van der Waals surface area contributed by atoms with Gasteiger partial charge in [-0.3, -0.25) is 14.7 Å². The number of hydrogen-bond donors (Lipinski definition) is 2. The molecule has 0 aliphatic carbocycles. The Hall–Kier alpha value is -3.68. The lowest BCUT2D eigenvalue weighted by Gasteiger charge is -2.37. The minimum absolute atomic E-state index is 0.0903. The van der Waals surface area contributed by atoms with Crippen LogP contribution >= 0.6 is 0 Å². The topological polar surface area (TPSA) is 104 Å². The third-order valence-electron chi connectivity index (χ3n) is 4.81. The maximum Gasteiger partial charge on any atom is 0.251 e. The Morgan fingerprint density at radius 3 is 2.75 bits per heavy atom. The van der Waals surface area contributed by atoms with Gasteiger partial charge in [0.2, 0.25) is 5.91 Å². The monoisotopic (exact) mass is 377 g/mol. The summed E-state index contributed by atoms with van der Waals surface area (Å²) in [5.41, 5.74) is 3.18. The maximum absolute atomic E-state index is 12.4. The van der Waals surface area contributed by atoms with Crippen LogP contribution in [-0.2, 0) is 11.3 Å². The minimum Gasteiger partial charge on any atom is -0.448 e. The van der Waals surface area contributed by atoms with Crippen molar-refractivity contribution >= 4 is 11.8 Å². The maximum atomic E-state index is 12.4. The first-order valence-electron chi connectivity index (χ1n) is 8.86. The van der Waals surface area contributed by atoms with E-state index in [0.29, 0.717) is 30.1 Å². The first-order chi connectivity index (χ1) is 13.7. The number of hydrogen-bond acceptors (Lipinski definition) is 5. The van der Waals surface area contributed by atoms with Crippen molar-refractivity contribution in [3.63, 3.8) is 0 Å². The Balaban J connectivity index is 1.35. The van der Waals surface area contributed by atoms with E-state index in [1.807, 2.05) is 12.1 Å². The van der Waals surface area contributed by atoms with E-state index in [1.165, 1.54) is 12.5 Å². The highest BCUT2D eigenvalue weighted by atomic mass is 16.3. The molecule has 0 saturated carbocycles. The third-order valence-corrected chi connectivity index (χ3v) is 4.81. The number of carbonyl (C=O) groups excluding carboxylic acids is 2. The number of likely N-dealkylation sites (tertiary alicyclic amines) is 1. The number of amides is 2. The van der Waals surface area contributed by atoms with Crippen molar-refractivity contribution in [1.82, 2.24) is 25.4 Å². The van der Waals surface area contributed by atoms with Crippen molar-refractivity contribution in [2.24, 2.45) is 0 Å². The molecule has 2 N–H and O–H groups in total. The van der Waals surface area contributed by atoms with Gasteiger partial charge in [0.1, 0.15) is 11.5 Å². The molecule has 3 aromatic rings. The smallest absolute Gasteiger partial charge is 0.251 e. The summed E-state index contributed by atoms with van der Waals surface area (Å²) in [5.74, 6) is 0.519. The molecule has 1 saturated heterocycles. The van der Waals surface area contributed by atoms with Crippen LogP contribution in [0.2, 0.25) is 0 Å². The standard InChI is InChI=1S/C20H19N5O3/c1-2-18(26)25-10-16(11-25)19-17(22-12-28-19)9-21-20(27)14-5-3-13(4-6-14)15-7-23-24-8-15/h2-8,12,16H,1,9-11H2,(H,21,27)(H,23,24). The van der Waals surface area contributed by atoms with Gasteiger partial charge < -0.3 is 14.6 Å². The molecule has 2 amide bonds. The Kier molecular flexibility index (Phi) is 4.76. The highest BCUT2D eigenvalue weighted by molar-refractivity contribution is 5.94. The molecule has 1 aliphatic heterocycles. The second-order valence-electron chi connectivity index (χ2n) is 6.55. The SMILES string of the molecule is C=CC(=O)N1CC(c2ocnc2CNC(=O)c2ccc(-c3cn[nH]c3)cc2)C1. The molecule has 0 spiro atoms. The summed E-state index contributed by atoms with van der Waals surface area (Å²) in [6.45, 7) is 4.88. The van der Waals surface area contributed by atoms with E-state index < -0.39 is 0 Å². The molecule has 0 atom stereocenters. The van der Waals surface area contributed by atoms with E-state index in [-0.39, 0.29) is 24.3 Å². The average molecular weight is 377 g/mol. The number of rotatable bonds is 6. The minimum atomic E-state index is -0.190. The zero-order chi connectivity index (χ0) is 19.5. The molecule has 8 heteroatoms. The van der Waals surface area contributed by atoms with E-state index >= 15 is 0 Å². The van der Waals surface area contributed by atoms with Crippen LogP contribution in [0.15, 0.2) is 60.1 Å². The lowest BCUT2D eigenvalue weighted by atomic mass is 9.95. The van der Waals surface area contributed by atoms with Crippen molar-refractivity contribution in [2.75, 3.05) is 13.1 Å². The van der Waals surface area contributed by atoms with E-state index in [4.69, 9.17) is 4.42 Å². The number of aromatic nitrogens is 3. The predicted octanol–water partition coefficient (Wildman–Crippen LogP) is 2.11. The summed E-state index contributed by atoms with van der Waals surface area (Å²) in [5, 5.41) is 9.55. The van der Waals surface area contributed by atoms with Crippen LogP contribution in [0.1, 0.15) is 27.7 Å². The fourth-order valence-electron chi connectivity index (χ4n) is 3.19. The Labute approximate surface area is 161 Å². The molecule has 1 aromatic carbocycles. The van der Waals surface area contributed by atoms with Crippen LogP contribution in [0.5, 0.6) is 0 Å². The first-order valence-corrected chi connectivity index (χ1v) is 8.86. The zero-order valence-corrected chi connectivity index (χ0v) is 15.1. The Morgan fingerprint density at radius 2 is 2.07 bits per heavy atom. The highest BCUT2D eigenvalue weighted by Crippen LogP contribution is 2.29. The number of benzene rings is 1. The highest BCUT2D eigenvalue weighted by Gasteiger charge is 2.34. The molecule has 1 fully saturated rings. The fraction of sp³-hybridized carbons (Fsp3) is 0.200. The van der Waals surface area contributed by atoms with Crippen molar-refractivity contribution in [3.05, 3.63) is 72.7 Å². The van der Waals surface area contributed by atoms with Gasteiger partial charge in [-0.25, -0.2) is 4.98 Å². The molecular weight excluding hydrogens is 358 g/mol. The number of oxazole rings is 1. The quantitative estimate of drug-likeness (QED) is 0.640. The molecule has 28 heavy (non-hydrogen) atoms. The van der Waals surface area contributed by atoms with Crippen molar-refractivity contribution in [3.8, 4) is 11.1 Å². The summed E-state index contributed by atoms with van der Waals surface area (Å²) in [6, 6.07) is 7.29. The average Bonchev–Trinajstić information content (AvgIpc) is 3.37. The van der Waals surface area contributed by atoms with E-state index in [0.717, 1.165) is 11.1 Å². The fourth-order valence-corrected chi connectivity index (χ4v) is 3.19. The van der Waals surface area contributed by atoms with Crippen LogP contribution in [-0.4, -0.2) is 45.0 Å². The van der Waals surface area contributed by atoms with Gasteiger partial charge in [0.25, 0.3) is 5.91 Å². The largest absolute Gasteiger partial charge is 0.448 e. The molecule has 3 heterocycles. The predicted molar refractivity (Wildman–Crippen MR) is 101 cm³/mol. The summed E-state index contributed by atoms with van der Waals surface area (Å²) < 4.78 is 5.49. The number of H-pyrrole nitrogens is 1. The molecule has 142 valence electrons. The normalized spacial score (nSPS) is 13.8. The van der Waals surface area contributed by atoms with E-state index in [2.05, 4.69) is 27.1 Å². The van der Waals surface area contributed by atoms with Crippen LogP contribution in [0.3, 0.4) is 0 Å². The zero-order valence-electron chi connectivity index (χ0n) is 15.1. The summed E-state index contributed by atoms with van der Waals surface area (Å²) in [4.78, 5) is 29.9. The molecular formula is C20H19N5O3. The van der Waals surface area contributed by atoms with Gasteiger partial charge in [-0.05, 0) is 23.8 Å². The molecule has 8 nitrogen and oxygen atoms in total. The molecule has 4 rings (SSSR count). The second kappa shape index (κ2) is 7.51. The number of nitrogens with zero attached hydrogens (tertiary/aromatic N) is 3. The summed E-state index contributed by atoms with van der Waals surface area (Å²) in [6.07, 6.45) is 6.20. The van der Waals surface area contributed by atoms with Gasteiger partial charge in [-0.1, -0.05) is 18.7 Å². The van der Waals surface area contributed by atoms with Crippen molar-refractivity contribution in [2.45, 2.75) is 12.5 Å². The van der Waals surface area contributed by atoms with Gasteiger partial charge in [0, 0.05) is 30.4 Å². The number of carbonyl (C=O) groups is 2.